The molecule has 6 nitrogen and oxygen atoms in total. The van der Waals surface area contributed by atoms with Gasteiger partial charge in [-0.15, -0.1) is 0 Å². The van der Waals surface area contributed by atoms with Crippen molar-refractivity contribution in [3.63, 3.8) is 0 Å². The van der Waals surface area contributed by atoms with Crippen molar-refractivity contribution in [2.24, 2.45) is 0 Å². The zero-order chi connectivity index (χ0) is 15.7. The second-order valence-corrected chi connectivity index (χ2v) is 5.90. The molecule has 2 heterocycles. The van der Waals surface area contributed by atoms with Gasteiger partial charge < -0.3 is 14.2 Å². The lowest BCUT2D eigenvalue weighted by atomic mass is 10.1. The zero-order valence-corrected chi connectivity index (χ0v) is 14.1. The van der Waals surface area contributed by atoms with Gasteiger partial charge in [0.1, 0.15) is 11.3 Å². The fourth-order valence-corrected chi connectivity index (χ4v) is 3.37. The van der Waals surface area contributed by atoms with Crippen molar-refractivity contribution in [3.8, 4) is 5.75 Å². The van der Waals surface area contributed by atoms with Crippen molar-refractivity contribution in [3.05, 3.63) is 22.3 Å². The Balaban J connectivity index is 2.23. The lowest BCUT2D eigenvalue weighted by Crippen LogP contribution is -2.20. The molecule has 0 bridgehead atoms. The molecule has 0 amide bonds. The van der Waals surface area contributed by atoms with E-state index in [9.17, 15) is 4.79 Å². The van der Waals surface area contributed by atoms with E-state index in [1.807, 2.05) is 6.07 Å². The molecule has 1 fully saturated rings. The van der Waals surface area contributed by atoms with E-state index >= 15 is 0 Å². The Morgan fingerprint density at radius 3 is 2.91 bits per heavy atom. The van der Waals surface area contributed by atoms with Crippen LogP contribution in [-0.4, -0.2) is 36.6 Å². The van der Waals surface area contributed by atoms with Gasteiger partial charge in [0, 0.05) is 12.0 Å². The Kier molecular flexibility index (Phi) is 4.35. The maximum atomic E-state index is 12.3. The fraction of sp³-hybridized carbons (Fsp3) is 0.467. The van der Waals surface area contributed by atoms with Crippen LogP contribution in [0.3, 0.4) is 0 Å². The highest BCUT2D eigenvalue weighted by Gasteiger charge is 2.26. The topological polar surface area (TPSA) is 62.6 Å². The van der Waals surface area contributed by atoms with E-state index in [1.165, 1.54) is 7.11 Å². The van der Waals surface area contributed by atoms with Crippen LogP contribution in [0, 0.1) is 0 Å². The number of carbonyl (C=O) groups excluding carboxylic acids is 1. The second kappa shape index (κ2) is 6.26. The number of benzene rings is 1. The normalized spacial score (nSPS) is 18.4. The first-order valence-corrected chi connectivity index (χ1v) is 7.90. The van der Waals surface area contributed by atoms with Gasteiger partial charge in [-0.3, -0.25) is 0 Å². The Labute approximate surface area is 136 Å². The fourth-order valence-electron chi connectivity index (χ4n) is 2.74. The zero-order valence-electron chi connectivity index (χ0n) is 12.5. The third-order valence-electron chi connectivity index (χ3n) is 3.82. The molecule has 0 spiro atoms. The average Bonchev–Trinajstić information content (AvgIpc) is 2.97. The van der Waals surface area contributed by atoms with Crippen molar-refractivity contribution in [1.29, 1.82) is 0 Å². The number of ether oxygens (including phenoxy) is 3. The maximum absolute atomic E-state index is 12.3. The smallest absolute Gasteiger partial charge is 0.341 e. The quantitative estimate of drug-likeness (QED) is 0.777. The Bertz CT molecular complexity index is 707. The first kappa shape index (κ1) is 15.3. The van der Waals surface area contributed by atoms with Crippen molar-refractivity contribution in [2.45, 2.75) is 25.5 Å². The first-order valence-electron chi connectivity index (χ1n) is 7.11. The van der Waals surface area contributed by atoms with Gasteiger partial charge in [-0.05, 0) is 41.3 Å². The van der Waals surface area contributed by atoms with Crippen LogP contribution >= 0.6 is 15.9 Å². The summed E-state index contributed by atoms with van der Waals surface area (Å²) in [7, 11) is 2.92. The van der Waals surface area contributed by atoms with Crippen LogP contribution in [0.15, 0.2) is 16.7 Å². The minimum atomic E-state index is -0.437. The Hall–Kier alpha value is -1.60. The molecule has 3 rings (SSSR count). The van der Waals surface area contributed by atoms with Crippen LogP contribution in [0.5, 0.6) is 5.75 Å². The van der Waals surface area contributed by atoms with E-state index in [1.54, 1.807) is 18.0 Å². The molecule has 0 aliphatic carbocycles. The van der Waals surface area contributed by atoms with Gasteiger partial charge in [-0.1, -0.05) is 0 Å². The van der Waals surface area contributed by atoms with Gasteiger partial charge in [0.15, 0.2) is 6.23 Å². The van der Waals surface area contributed by atoms with Crippen LogP contribution in [0.25, 0.3) is 10.9 Å². The van der Waals surface area contributed by atoms with Gasteiger partial charge in [0.05, 0.1) is 30.4 Å². The van der Waals surface area contributed by atoms with Gasteiger partial charge >= 0.3 is 5.97 Å². The molecule has 1 atom stereocenters. The number of esters is 1. The first-order chi connectivity index (χ1) is 10.7. The van der Waals surface area contributed by atoms with Crippen molar-refractivity contribution in [2.75, 3.05) is 20.8 Å². The minimum absolute atomic E-state index is 0.157. The summed E-state index contributed by atoms with van der Waals surface area (Å²) < 4.78 is 18.4. The van der Waals surface area contributed by atoms with E-state index in [2.05, 4.69) is 21.0 Å². The molecule has 7 heteroatoms. The summed E-state index contributed by atoms with van der Waals surface area (Å²) in [4.78, 5) is 12.3. The number of hydrogen-bond acceptors (Lipinski definition) is 5. The van der Waals surface area contributed by atoms with E-state index in [-0.39, 0.29) is 6.23 Å². The molecule has 1 aliphatic rings. The standard InChI is InChI=1S/C15H17BrN2O4/c1-20-10-7-9-8-17-18(11-5-3-4-6-22-11)14(9)12(13(10)16)15(19)21-2/h7-8,11H,3-6H2,1-2H3. The lowest BCUT2D eigenvalue weighted by Gasteiger charge is -2.24. The molecular weight excluding hydrogens is 352 g/mol. The van der Waals surface area contributed by atoms with Crippen molar-refractivity contribution in [1.82, 2.24) is 9.78 Å². The summed E-state index contributed by atoms with van der Waals surface area (Å²) in [6.07, 6.45) is 4.57. The number of carbonyl (C=O) groups is 1. The molecule has 0 saturated carbocycles. The van der Waals surface area contributed by atoms with E-state index in [0.717, 1.165) is 24.6 Å². The highest BCUT2D eigenvalue weighted by atomic mass is 79.9. The van der Waals surface area contributed by atoms with Gasteiger partial charge in [0.25, 0.3) is 0 Å². The molecule has 1 aromatic carbocycles. The Morgan fingerprint density at radius 2 is 2.27 bits per heavy atom. The number of methoxy groups -OCH3 is 2. The van der Waals surface area contributed by atoms with Gasteiger partial charge in [0.2, 0.25) is 0 Å². The molecule has 0 radical (unpaired) electrons. The average molecular weight is 369 g/mol. The molecule has 0 N–H and O–H groups in total. The highest BCUT2D eigenvalue weighted by Crippen LogP contribution is 2.37. The predicted octanol–water partition coefficient (Wildman–Crippen LogP) is 3.29. The van der Waals surface area contributed by atoms with Gasteiger partial charge in [-0.2, -0.15) is 5.10 Å². The third kappa shape index (κ3) is 2.48. The van der Waals surface area contributed by atoms with Gasteiger partial charge in [-0.25, -0.2) is 9.48 Å². The largest absolute Gasteiger partial charge is 0.496 e. The van der Waals surface area contributed by atoms with Crippen molar-refractivity contribution < 1.29 is 19.0 Å². The molecular formula is C15H17BrN2O4. The van der Waals surface area contributed by atoms with Crippen LogP contribution in [0.1, 0.15) is 35.8 Å². The van der Waals surface area contributed by atoms with Crippen LogP contribution in [-0.2, 0) is 9.47 Å². The molecule has 22 heavy (non-hydrogen) atoms. The number of fused-ring (bicyclic) bond motifs is 1. The van der Waals surface area contributed by atoms with E-state index in [0.29, 0.717) is 27.9 Å². The number of hydrogen-bond donors (Lipinski definition) is 0. The monoisotopic (exact) mass is 368 g/mol. The lowest BCUT2D eigenvalue weighted by molar-refractivity contribution is -0.0367. The minimum Gasteiger partial charge on any atom is -0.496 e. The molecule has 1 aliphatic heterocycles. The number of aromatic nitrogens is 2. The summed E-state index contributed by atoms with van der Waals surface area (Å²) in [5.74, 6) is 0.130. The summed E-state index contributed by atoms with van der Waals surface area (Å²) in [6, 6.07) is 1.85. The van der Waals surface area contributed by atoms with Crippen LogP contribution < -0.4 is 4.74 Å². The maximum Gasteiger partial charge on any atom is 0.341 e. The Morgan fingerprint density at radius 1 is 1.45 bits per heavy atom. The SMILES string of the molecule is COC(=O)c1c(Br)c(OC)cc2cnn(C3CCCCO3)c12. The van der Waals surface area contributed by atoms with Crippen molar-refractivity contribution >= 4 is 32.8 Å². The number of nitrogens with zero attached hydrogens (tertiary/aromatic N) is 2. The molecule has 2 aromatic rings. The summed E-state index contributed by atoms with van der Waals surface area (Å²) >= 11 is 3.44. The molecule has 1 saturated heterocycles. The van der Waals surface area contributed by atoms with Crippen LogP contribution in [0.4, 0.5) is 0 Å². The highest BCUT2D eigenvalue weighted by molar-refractivity contribution is 9.10. The van der Waals surface area contributed by atoms with Crippen LogP contribution in [0.2, 0.25) is 0 Å². The summed E-state index contributed by atoms with van der Waals surface area (Å²) in [5, 5.41) is 5.23. The molecule has 1 aromatic heterocycles. The second-order valence-electron chi connectivity index (χ2n) is 5.11. The van der Waals surface area contributed by atoms with E-state index in [4.69, 9.17) is 14.2 Å². The summed E-state index contributed by atoms with van der Waals surface area (Å²) in [5.41, 5.74) is 1.11. The molecule has 118 valence electrons. The molecule has 1 unspecified atom stereocenters. The third-order valence-corrected chi connectivity index (χ3v) is 4.61. The summed E-state index contributed by atoms with van der Waals surface area (Å²) in [6.45, 7) is 0.705. The number of rotatable bonds is 3. The number of halogens is 1. The van der Waals surface area contributed by atoms with E-state index < -0.39 is 5.97 Å². The predicted molar refractivity (Wildman–Crippen MR) is 84.2 cm³/mol.